The standard InChI is InChI=1S/C19H23N3O5/c1-21(11-13-4-5-14-15(10-13)27-9-8-26-14)16(23)12-22-17(24)19(20-18(22)25)6-2-3-7-19/h4-5,10H,2-3,6-9,11-12H2,1H3,(H,20,25). The Labute approximate surface area is 157 Å². The predicted molar refractivity (Wildman–Crippen MR) is 95.3 cm³/mol. The minimum Gasteiger partial charge on any atom is -0.486 e. The van der Waals surface area contributed by atoms with Gasteiger partial charge >= 0.3 is 6.03 Å². The van der Waals surface area contributed by atoms with Crippen molar-refractivity contribution in [1.82, 2.24) is 15.1 Å². The summed E-state index contributed by atoms with van der Waals surface area (Å²) in [4.78, 5) is 40.0. The van der Waals surface area contributed by atoms with Gasteiger partial charge in [-0.05, 0) is 30.5 Å². The van der Waals surface area contributed by atoms with Crippen molar-refractivity contribution in [3.8, 4) is 11.5 Å². The highest BCUT2D eigenvalue weighted by atomic mass is 16.6. The third-order valence-electron chi connectivity index (χ3n) is 5.45. The second-order valence-corrected chi connectivity index (χ2v) is 7.34. The van der Waals surface area contributed by atoms with Crippen LogP contribution in [-0.4, -0.2) is 60.0 Å². The number of carbonyl (C=O) groups excluding carboxylic acids is 3. The number of imide groups is 1. The first-order valence-corrected chi connectivity index (χ1v) is 9.25. The van der Waals surface area contributed by atoms with Crippen molar-refractivity contribution in [3.05, 3.63) is 23.8 Å². The molecule has 1 aromatic carbocycles. The van der Waals surface area contributed by atoms with Gasteiger partial charge in [-0.15, -0.1) is 0 Å². The smallest absolute Gasteiger partial charge is 0.325 e. The van der Waals surface area contributed by atoms with Crippen molar-refractivity contribution in [3.63, 3.8) is 0 Å². The Morgan fingerprint density at radius 3 is 2.63 bits per heavy atom. The molecule has 4 rings (SSSR count). The van der Waals surface area contributed by atoms with Crippen molar-refractivity contribution in [1.29, 1.82) is 0 Å². The van der Waals surface area contributed by atoms with E-state index in [2.05, 4.69) is 5.32 Å². The maximum absolute atomic E-state index is 12.7. The van der Waals surface area contributed by atoms with Gasteiger partial charge in [-0.3, -0.25) is 14.5 Å². The predicted octanol–water partition coefficient (Wildman–Crippen LogP) is 1.28. The van der Waals surface area contributed by atoms with Crippen LogP contribution in [0.25, 0.3) is 0 Å². The van der Waals surface area contributed by atoms with Gasteiger partial charge in [0.15, 0.2) is 11.5 Å². The molecule has 1 N–H and O–H groups in total. The molecule has 4 amide bonds. The lowest BCUT2D eigenvalue weighted by atomic mass is 9.98. The Bertz CT molecular complexity index is 788. The molecule has 0 unspecified atom stereocenters. The van der Waals surface area contributed by atoms with E-state index in [-0.39, 0.29) is 18.4 Å². The number of amides is 4. The van der Waals surface area contributed by atoms with Crippen LogP contribution in [0.1, 0.15) is 31.2 Å². The Hall–Kier alpha value is -2.77. The summed E-state index contributed by atoms with van der Waals surface area (Å²) in [5.41, 5.74) is 0.103. The third kappa shape index (κ3) is 3.20. The summed E-state index contributed by atoms with van der Waals surface area (Å²) in [7, 11) is 1.66. The molecule has 2 aliphatic heterocycles. The molecule has 1 spiro atoms. The summed E-state index contributed by atoms with van der Waals surface area (Å²) < 4.78 is 11.1. The van der Waals surface area contributed by atoms with Crippen molar-refractivity contribution in [2.24, 2.45) is 0 Å². The van der Waals surface area contributed by atoms with Gasteiger partial charge in [-0.1, -0.05) is 18.9 Å². The first kappa shape index (κ1) is 17.6. The van der Waals surface area contributed by atoms with Crippen LogP contribution in [0.15, 0.2) is 18.2 Å². The molecule has 144 valence electrons. The number of hydrogen-bond acceptors (Lipinski definition) is 5. The Morgan fingerprint density at radius 1 is 1.19 bits per heavy atom. The first-order valence-electron chi connectivity index (χ1n) is 9.25. The number of likely N-dealkylation sites (N-methyl/N-ethyl adjacent to an activating group) is 1. The molecule has 0 aromatic heterocycles. The van der Waals surface area contributed by atoms with Crippen LogP contribution in [0.4, 0.5) is 4.79 Å². The van der Waals surface area contributed by atoms with Crippen LogP contribution in [0, 0.1) is 0 Å². The van der Waals surface area contributed by atoms with Gasteiger partial charge in [-0.2, -0.15) is 0 Å². The van der Waals surface area contributed by atoms with Gasteiger partial charge < -0.3 is 19.7 Å². The van der Waals surface area contributed by atoms with Crippen LogP contribution in [0.2, 0.25) is 0 Å². The molecule has 1 saturated carbocycles. The molecule has 0 bridgehead atoms. The quantitative estimate of drug-likeness (QED) is 0.804. The molecule has 1 aromatic rings. The van der Waals surface area contributed by atoms with E-state index < -0.39 is 11.6 Å². The van der Waals surface area contributed by atoms with Crippen LogP contribution < -0.4 is 14.8 Å². The molecule has 1 aliphatic carbocycles. The number of benzene rings is 1. The van der Waals surface area contributed by atoms with Gasteiger partial charge in [0.05, 0.1) is 0 Å². The summed E-state index contributed by atoms with van der Waals surface area (Å²) in [5.74, 6) is 0.798. The summed E-state index contributed by atoms with van der Waals surface area (Å²) in [6.07, 6.45) is 3.13. The second kappa shape index (κ2) is 6.75. The minimum absolute atomic E-state index is 0.243. The van der Waals surface area contributed by atoms with Gasteiger partial charge in [0.1, 0.15) is 25.3 Å². The van der Waals surface area contributed by atoms with Crippen molar-refractivity contribution in [2.75, 3.05) is 26.8 Å². The molecular formula is C19H23N3O5. The Balaban J connectivity index is 1.39. The number of rotatable bonds is 4. The zero-order valence-electron chi connectivity index (χ0n) is 15.3. The topological polar surface area (TPSA) is 88.2 Å². The average molecular weight is 373 g/mol. The fourth-order valence-corrected chi connectivity index (χ4v) is 3.94. The molecule has 1 saturated heterocycles. The molecule has 2 heterocycles. The number of urea groups is 1. The van der Waals surface area contributed by atoms with E-state index in [1.165, 1.54) is 4.90 Å². The minimum atomic E-state index is -0.786. The van der Waals surface area contributed by atoms with E-state index >= 15 is 0 Å². The summed E-state index contributed by atoms with van der Waals surface area (Å²) >= 11 is 0. The van der Waals surface area contributed by atoms with Crippen LogP contribution in [0.5, 0.6) is 11.5 Å². The highest BCUT2D eigenvalue weighted by Crippen LogP contribution is 2.35. The molecule has 2 fully saturated rings. The fourth-order valence-electron chi connectivity index (χ4n) is 3.94. The van der Waals surface area contributed by atoms with E-state index in [1.807, 2.05) is 18.2 Å². The molecule has 8 nitrogen and oxygen atoms in total. The Kier molecular flexibility index (Phi) is 4.41. The molecule has 3 aliphatic rings. The van der Waals surface area contributed by atoms with E-state index in [9.17, 15) is 14.4 Å². The first-order chi connectivity index (χ1) is 13.0. The van der Waals surface area contributed by atoms with E-state index in [0.29, 0.717) is 44.1 Å². The third-order valence-corrected chi connectivity index (χ3v) is 5.45. The van der Waals surface area contributed by atoms with Gasteiger partial charge in [0.25, 0.3) is 5.91 Å². The largest absolute Gasteiger partial charge is 0.486 e. The molecule has 8 heteroatoms. The Morgan fingerprint density at radius 2 is 1.89 bits per heavy atom. The van der Waals surface area contributed by atoms with Crippen LogP contribution in [-0.2, 0) is 16.1 Å². The van der Waals surface area contributed by atoms with Gasteiger partial charge in [0.2, 0.25) is 5.91 Å². The average Bonchev–Trinajstić information content (AvgIpc) is 3.22. The number of nitrogens with zero attached hydrogens (tertiary/aromatic N) is 2. The highest BCUT2D eigenvalue weighted by Gasteiger charge is 2.52. The second-order valence-electron chi connectivity index (χ2n) is 7.34. The SMILES string of the molecule is CN(Cc1ccc2c(c1)OCCO2)C(=O)CN1C(=O)NC2(CCCC2)C1=O. The number of fused-ring (bicyclic) bond motifs is 1. The summed E-state index contributed by atoms with van der Waals surface area (Å²) in [6.45, 7) is 1.13. The van der Waals surface area contributed by atoms with Crippen LogP contribution >= 0.6 is 0 Å². The van der Waals surface area contributed by atoms with Gasteiger partial charge in [-0.25, -0.2) is 4.79 Å². The molecule has 0 radical (unpaired) electrons. The molecular weight excluding hydrogens is 350 g/mol. The monoisotopic (exact) mass is 373 g/mol. The normalized spacial score (nSPS) is 20.1. The zero-order chi connectivity index (χ0) is 19.0. The number of nitrogens with one attached hydrogen (secondary N) is 1. The van der Waals surface area contributed by atoms with Crippen LogP contribution in [0.3, 0.4) is 0 Å². The number of hydrogen-bond donors (Lipinski definition) is 1. The summed E-state index contributed by atoms with van der Waals surface area (Å²) in [6, 6.07) is 5.07. The molecule has 27 heavy (non-hydrogen) atoms. The number of carbonyl (C=O) groups is 3. The maximum atomic E-state index is 12.7. The number of ether oxygens (including phenoxy) is 2. The van der Waals surface area contributed by atoms with Crippen molar-refractivity contribution in [2.45, 2.75) is 37.8 Å². The van der Waals surface area contributed by atoms with E-state index in [4.69, 9.17) is 9.47 Å². The van der Waals surface area contributed by atoms with Crippen molar-refractivity contribution < 1.29 is 23.9 Å². The molecule has 0 atom stereocenters. The highest BCUT2D eigenvalue weighted by molar-refractivity contribution is 6.09. The fraction of sp³-hybridized carbons (Fsp3) is 0.526. The van der Waals surface area contributed by atoms with E-state index in [0.717, 1.165) is 23.3 Å². The summed E-state index contributed by atoms with van der Waals surface area (Å²) in [5, 5.41) is 2.79. The van der Waals surface area contributed by atoms with E-state index in [1.54, 1.807) is 7.05 Å². The van der Waals surface area contributed by atoms with Crippen molar-refractivity contribution >= 4 is 17.8 Å². The lowest BCUT2D eigenvalue weighted by Gasteiger charge is -2.23. The van der Waals surface area contributed by atoms with Gasteiger partial charge in [0, 0.05) is 13.6 Å². The zero-order valence-corrected chi connectivity index (χ0v) is 15.3. The lowest BCUT2D eigenvalue weighted by Crippen LogP contribution is -2.45. The maximum Gasteiger partial charge on any atom is 0.325 e. The lowest BCUT2D eigenvalue weighted by molar-refractivity contribution is -0.138.